The molecule has 0 rings (SSSR count). The Morgan fingerprint density at radius 2 is 1.58 bits per heavy atom. The minimum atomic E-state index is -4.41. The highest BCUT2D eigenvalue weighted by atomic mass is 31.2. The minimum Gasteiger partial charge on any atom is -0.324 e. The summed E-state index contributed by atoms with van der Waals surface area (Å²) in [6, 6.07) is 0. The fourth-order valence-electron chi connectivity index (χ4n) is 0.469. The van der Waals surface area contributed by atoms with Gasteiger partial charge in [0.2, 0.25) is 0 Å². The molecular formula is C3H11NO6P2. The Hall–Kier alpha value is 0.260. The molecular weight excluding hydrogens is 208 g/mol. The zero-order chi connectivity index (χ0) is 9.99. The second kappa shape index (κ2) is 3.98. The van der Waals surface area contributed by atoms with E-state index in [1.807, 2.05) is 0 Å². The van der Waals surface area contributed by atoms with Crippen molar-refractivity contribution in [1.82, 2.24) is 0 Å². The van der Waals surface area contributed by atoms with Gasteiger partial charge in [-0.15, -0.1) is 0 Å². The molecule has 1 atom stereocenters. The van der Waals surface area contributed by atoms with Crippen molar-refractivity contribution in [3.63, 3.8) is 0 Å². The molecule has 0 amide bonds. The molecule has 12 heavy (non-hydrogen) atoms. The van der Waals surface area contributed by atoms with Crippen LogP contribution in [0.4, 0.5) is 0 Å². The molecule has 0 unspecified atom stereocenters. The van der Waals surface area contributed by atoms with Crippen molar-refractivity contribution in [3.8, 4) is 0 Å². The molecule has 0 aliphatic heterocycles. The fourth-order valence-corrected chi connectivity index (χ4v) is 1.75. The molecule has 0 radical (unpaired) electrons. The Morgan fingerprint density at radius 3 is 1.83 bits per heavy atom. The first-order valence-corrected chi connectivity index (χ1v) is 6.46. The third-order valence-electron chi connectivity index (χ3n) is 1.15. The average molecular weight is 219 g/mol. The van der Waals surface area contributed by atoms with Gasteiger partial charge in [0.15, 0.2) is 0 Å². The lowest BCUT2D eigenvalue weighted by Crippen LogP contribution is -2.21. The maximum absolute atomic E-state index is 10.4. The second-order valence-corrected chi connectivity index (χ2v) is 5.95. The molecule has 0 aromatic heterocycles. The van der Waals surface area contributed by atoms with E-state index in [1.54, 1.807) is 0 Å². The molecule has 0 heterocycles. The normalized spacial score (nSPS) is 16.1. The Morgan fingerprint density at radius 1 is 1.17 bits per heavy atom. The predicted octanol–water partition coefficient (Wildman–Crippen LogP) is -0.983. The van der Waals surface area contributed by atoms with E-state index in [1.165, 1.54) is 0 Å². The van der Waals surface area contributed by atoms with E-state index in [-0.39, 0.29) is 0 Å². The quantitative estimate of drug-likeness (QED) is 0.382. The highest BCUT2D eigenvalue weighted by Gasteiger charge is 2.27. The van der Waals surface area contributed by atoms with Gasteiger partial charge in [-0.05, 0) is 6.42 Å². The van der Waals surface area contributed by atoms with Gasteiger partial charge in [-0.2, -0.15) is 0 Å². The van der Waals surface area contributed by atoms with Crippen molar-refractivity contribution in [2.75, 3.05) is 6.16 Å². The van der Waals surface area contributed by atoms with Crippen LogP contribution in [0.5, 0.6) is 0 Å². The molecule has 0 aromatic rings. The van der Waals surface area contributed by atoms with Gasteiger partial charge in [0, 0.05) is 0 Å². The first-order chi connectivity index (χ1) is 5.13. The highest BCUT2D eigenvalue weighted by Crippen LogP contribution is 2.43. The lowest BCUT2D eigenvalue weighted by molar-refractivity contribution is 0.352. The summed E-state index contributed by atoms with van der Waals surface area (Å²) < 4.78 is 20.6. The van der Waals surface area contributed by atoms with Gasteiger partial charge in [-0.25, -0.2) is 0 Å². The summed E-state index contributed by atoms with van der Waals surface area (Å²) in [5.74, 6) is -1.50. The third kappa shape index (κ3) is 5.85. The third-order valence-corrected chi connectivity index (χ3v) is 3.11. The van der Waals surface area contributed by atoms with Gasteiger partial charge in [0.25, 0.3) is 0 Å². The first kappa shape index (κ1) is 12.3. The van der Waals surface area contributed by atoms with Crippen LogP contribution >= 0.6 is 15.2 Å². The van der Waals surface area contributed by atoms with Crippen molar-refractivity contribution in [3.05, 3.63) is 0 Å². The topological polar surface area (TPSA) is 141 Å². The van der Waals surface area contributed by atoms with Gasteiger partial charge in [-0.3, -0.25) is 9.13 Å². The predicted molar refractivity (Wildman–Crippen MR) is 41.5 cm³/mol. The molecule has 0 aliphatic carbocycles. The lowest BCUT2D eigenvalue weighted by atomic mass is 10.5. The zero-order valence-corrected chi connectivity index (χ0v) is 7.86. The summed E-state index contributed by atoms with van der Waals surface area (Å²) in [6.45, 7) is 0. The Labute approximate surface area is 68.9 Å². The molecule has 74 valence electrons. The lowest BCUT2D eigenvalue weighted by Gasteiger charge is -2.12. The number of hydrogen-bond donors (Lipinski definition) is 5. The van der Waals surface area contributed by atoms with Gasteiger partial charge < -0.3 is 25.3 Å². The van der Waals surface area contributed by atoms with E-state index in [9.17, 15) is 9.13 Å². The molecule has 6 N–H and O–H groups in total. The van der Waals surface area contributed by atoms with Crippen molar-refractivity contribution in [2.45, 2.75) is 12.2 Å². The van der Waals surface area contributed by atoms with Crippen LogP contribution in [0.15, 0.2) is 0 Å². The maximum atomic E-state index is 10.4. The van der Waals surface area contributed by atoms with E-state index < -0.39 is 33.6 Å². The summed E-state index contributed by atoms with van der Waals surface area (Å²) in [5.41, 5.74) is 4.95. The fraction of sp³-hybridized carbons (Fsp3) is 1.00. The van der Waals surface area contributed by atoms with E-state index in [0.29, 0.717) is 0 Å². The number of rotatable bonds is 4. The van der Waals surface area contributed by atoms with E-state index in [4.69, 9.17) is 25.3 Å². The van der Waals surface area contributed by atoms with E-state index >= 15 is 0 Å². The Bertz CT molecular complexity index is 229. The zero-order valence-electron chi connectivity index (χ0n) is 6.07. The Kier molecular flexibility index (Phi) is 4.07. The summed E-state index contributed by atoms with van der Waals surface area (Å²) in [5, 5.41) is 0. The molecule has 9 heteroatoms. The standard InChI is InChI=1S/C3H11NO6P2/c4-3(12(8,9)10)1-2-11(5,6)7/h3H,1-2,4H2,(H2,5,6,7)(H2,8,9,10)/t3-/m0/s1. The van der Waals surface area contributed by atoms with Crippen LogP contribution in [-0.2, 0) is 9.13 Å². The largest absolute Gasteiger partial charge is 0.342 e. The number of nitrogens with two attached hydrogens (primary N) is 1. The first-order valence-electron chi connectivity index (χ1n) is 2.98. The molecule has 0 spiro atoms. The molecule has 0 aliphatic rings. The molecule has 7 nitrogen and oxygen atoms in total. The summed E-state index contributed by atoms with van der Waals surface area (Å²) >= 11 is 0. The smallest absolute Gasteiger partial charge is 0.324 e. The molecule has 0 saturated carbocycles. The van der Waals surface area contributed by atoms with Crippen molar-refractivity contribution in [1.29, 1.82) is 0 Å². The summed E-state index contributed by atoms with van der Waals surface area (Å²) in [6.07, 6.45) is -1.01. The van der Waals surface area contributed by atoms with Crippen LogP contribution < -0.4 is 5.73 Å². The molecule has 0 aromatic carbocycles. The van der Waals surface area contributed by atoms with Gasteiger partial charge in [-0.1, -0.05) is 0 Å². The van der Waals surface area contributed by atoms with Crippen molar-refractivity contribution in [2.24, 2.45) is 5.73 Å². The summed E-state index contributed by atoms with van der Waals surface area (Å²) in [4.78, 5) is 33.5. The van der Waals surface area contributed by atoms with Crippen molar-refractivity contribution < 1.29 is 28.7 Å². The summed E-state index contributed by atoms with van der Waals surface area (Å²) in [7, 11) is -8.62. The van der Waals surface area contributed by atoms with Crippen LogP contribution in [0.2, 0.25) is 0 Å². The molecule has 0 bridgehead atoms. The van der Waals surface area contributed by atoms with Crippen molar-refractivity contribution >= 4 is 15.2 Å². The van der Waals surface area contributed by atoms with Crippen LogP contribution in [0.1, 0.15) is 6.42 Å². The van der Waals surface area contributed by atoms with Crippen LogP contribution in [0.25, 0.3) is 0 Å². The van der Waals surface area contributed by atoms with Crippen LogP contribution in [0, 0.1) is 0 Å². The number of hydrogen-bond acceptors (Lipinski definition) is 3. The maximum Gasteiger partial charge on any atom is 0.342 e. The molecule has 0 saturated heterocycles. The SMILES string of the molecule is N[C@H](CCP(=O)(O)O)P(=O)(O)O. The Balaban J connectivity index is 3.97. The van der Waals surface area contributed by atoms with E-state index in [2.05, 4.69) is 0 Å². The monoisotopic (exact) mass is 219 g/mol. The van der Waals surface area contributed by atoms with E-state index in [0.717, 1.165) is 0 Å². The highest BCUT2D eigenvalue weighted by molar-refractivity contribution is 7.53. The van der Waals surface area contributed by atoms with Crippen LogP contribution in [-0.4, -0.2) is 31.5 Å². The average Bonchev–Trinajstić information content (AvgIpc) is 1.78. The second-order valence-electron chi connectivity index (χ2n) is 2.33. The minimum absolute atomic E-state index is 0.394. The van der Waals surface area contributed by atoms with Gasteiger partial charge in [0.05, 0.1) is 6.16 Å². The molecule has 0 fully saturated rings. The van der Waals surface area contributed by atoms with Crippen LogP contribution in [0.3, 0.4) is 0 Å². The van der Waals surface area contributed by atoms with Gasteiger partial charge in [0.1, 0.15) is 5.78 Å². The van der Waals surface area contributed by atoms with Gasteiger partial charge >= 0.3 is 15.2 Å².